The van der Waals surface area contributed by atoms with Gasteiger partial charge in [0.2, 0.25) is 0 Å². The summed E-state index contributed by atoms with van der Waals surface area (Å²) in [6.45, 7) is 4.78. The quantitative estimate of drug-likeness (QED) is 0.519. The van der Waals surface area contributed by atoms with Gasteiger partial charge in [-0.1, -0.05) is 39.2 Å². The Bertz CT molecular complexity index is 938. The van der Waals surface area contributed by atoms with Crippen LogP contribution in [0, 0.1) is 5.92 Å². The van der Waals surface area contributed by atoms with Crippen LogP contribution in [-0.2, 0) is 0 Å². The maximum atomic E-state index is 12.6. The molecule has 1 saturated carbocycles. The van der Waals surface area contributed by atoms with Gasteiger partial charge >= 0.3 is 0 Å². The number of rotatable bonds is 7. The maximum absolute atomic E-state index is 12.6. The molecule has 7 heteroatoms. The Morgan fingerprint density at radius 3 is 2.41 bits per heavy atom. The summed E-state index contributed by atoms with van der Waals surface area (Å²) in [5.41, 5.74) is 1.68. The summed E-state index contributed by atoms with van der Waals surface area (Å²) in [7, 11) is 0. The Morgan fingerprint density at radius 1 is 1.00 bits per heavy atom. The van der Waals surface area contributed by atoms with Crippen LogP contribution in [0.1, 0.15) is 66.7 Å². The van der Waals surface area contributed by atoms with E-state index in [0.717, 1.165) is 31.4 Å². The van der Waals surface area contributed by atoms with Crippen LogP contribution >= 0.6 is 12.2 Å². The van der Waals surface area contributed by atoms with Crippen molar-refractivity contribution in [3.05, 3.63) is 59.7 Å². The molecule has 2 aromatic carbocycles. The highest BCUT2D eigenvalue weighted by molar-refractivity contribution is 7.80. The van der Waals surface area contributed by atoms with Gasteiger partial charge < -0.3 is 15.4 Å². The number of hydrogen-bond acceptors (Lipinski definition) is 4. The summed E-state index contributed by atoms with van der Waals surface area (Å²) < 4.78 is 5.64. The van der Waals surface area contributed by atoms with Gasteiger partial charge in [-0.15, -0.1) is 0 Å². The molecule has 1 aliphatic carbocycles. The molecule has 2 amide bonds. The first-order chi connectivity index (χ1) is 15.4. The molecule has 3 N–H and O–H groups in total. The summed E-state index contributed by atoms with van der Waals surface area (Å²) in [4.78, 5) is 25.0. The lowest BCUT2D eigenvalue weighted by Crippen LogP contribution is -2.36. The number of anilines is 1. The Morgan fingerprint density at radius 2 is 1.72 bits per heavy atom. The number of ether oxygens (including phenoxy) is 1. The number of thiocarbonyl (C=S) groups is 1. The lowest BCUT2D eigenvalue weighted by Gasteiger charge is -2.22. The van der Waals surface area contributed by atoms with Gasteiger partial charge in [0.05, 0.1) is 6.61 Å². The highest BCUT2D eigenvalue weighted by Gasteiger charge is 2.17. The monoisotopic (exact) mass is 453 g/mol. The number of carbonyl (C=O) groups is 2. The molecule has 3 rings (SSSR count). The minimum atomic E-state index is -0.316. The van der Waals surface area contributed by atoms with Gasteiger partial charge in [-0.05, 0) is 73.4 Å². The second-order valence-corrected chi connectivity index (χ2v) is 8.93. The molecule has 0 spiro atoms. The van der Waals surface area contributed by atoms with E-state index < -0.39 is 0 Å². The van der Waals surface area contributed by atoms with Crippen molar-refractivity contribution in [1.82, 2.24) is 10.6 Å². The van der Waals surface area contributed by atoms with Gasteiger partial charge in [0.1, 0.15) is 5.75 Å². The Hall–Kier alpha value is -2.93. The smallest absolute Gasteiger partial charge is 0.257 e. The molecule has 0 aromatic heterocycles. The third-order valence-electron chi connectivity index (χ3n) is 5.25. The van der Waals surface area contributed by atoms with Gasteiger partial charge in [0.15, 0.2) is 5.11 Å². The zero-order valence-corrected chi connectivity index (χ0v) is 19.5. The molecule has 0 atom stereocenters. The molecule has 6 nitrogen and oxygen atoms in total. The largest absolute Gasteiger partial charge is 0.493 e. The lowest BCUT2D eigenvalue weighted by atomic mass is 9.95. The van der Waals surface area contributed by atoms with Crippen LogP contribution < -0.4 is 20.7 Å². The third kappa shape index (κ3) is 7.34. The van der Waals surface area contributed by atoms with E-state index >= 15 is 0 Å². The molecule has 0 radical (unpaired) electrons. The first-order valence-electron chi connectivity index (χ1n) is 11.2. The minimum Gasteiger partial charge on any atom is -0.493 e. The predicted octanol–water partition coefficient (Wildman–Crippen LogP) is 4.91. The van der Waals surface area contributed by atoms with Crippen LogP contribution in [-0.4, -0.2) is 29.6 Å². The minimum absolute atomic E-state index is 0.0877. The van der Waals surface area contributed by atoms with Gasteiger partial charge in [-0.25, -0.2) is 0 Å². The van der Waals surface area contributed by atoms with Crippen LogP contribution in [0.5, 0.6) is 5.75 Å². The first-order valence-corrected chi connectivity index (χ1v) is 11.6. The van der Waals surface area contributed by atoms with Crippen molar-refractivity contribution in [2.24, 2.45) is 5.92 Å². The van der Waals surface area contributed by atoms with E-state index in [2.05, 4.69) is 29.8 Å². The summed E-state index contributed by atoms with van der Waals surface area (Å²) in [5, 5.41) is 8.93. The van der Waals surface area contributed by atoms with Crippen molar-refractivity contribution >= 4 is 34.8 Å². The van der Waals surface area contributed by atoms with Gasteiger partial charge in [-0.3, -0.25) is 14.9 Å². The zero-order chi connectivity index (χ0) is 22.9. The highest BCUT2D eigenvalue weighted by Crippen LogP contribution is 2.19. The first kappa shape index (κ1) is 23.7. The molecule has 170 valence electrons. The molecule has 0 heterocycles. The Kier molecular flexibility index (Phi) is 8.62. The molecule has 0 unspecified atom stereocenters. The highest BCUT2D eigenvalue weighted by atomic mass is 32.1. The average molecular weight is 454 g/mol. The van der Waals surface area contributed by atoms with E-state index in [9.17, 15) is 9.59 Å². The second kappa shape index (κ2) is 11.6. The standard InChI is InChI=1S/C25H31N3O3S/c1-17(2)16-31-22-13-11-18(12-14-22)23(29)28-25(32)27-21-10-6-7-19(15-21)24(30)26-20-8-4-3-5-9-20/h6-7,10-15,17,20H,3-5,8-9,16H2,1-2H3,(H,26,30)(H2,27,28,29,32). The van der Waals surface area contributed by atoms with Gasteiger partial charge in [-0.2, -0.15) is 0 Å². The molecule has 0 saturated heterocycles. The fraction of sp³-hybridized carbons (Fsp3) is 0.400. The summed E-state index contributed by atoms with van der Waals surface area (Å²) in [5.74, 6) is 0.747. The lowest BCUT2D eigenvalue weighted by molar-refractivity contribution is 0.0926. The summed E-state index contributed by atoms with van der Waals surface area (Å²) in [6, 6.07) is 14.3. The molecule has 1 fully saturated rings. The van der Waals surface area contributed by atoms with Crippen LogP contribution in [0.25, 0.3) is 0 Å². The number of hydrogen-bond donors (Lipinski definition) is 3. The molecular weight excluding hydrogens is 422 g/mol. The topological polar surface area (TPSA) is 79.5 Å². The molecule has 0 bridgehead atoms. The van der Waals surface area contributed by atoms with E-state index in [1.165, 1.54) is 6.42 Å². The van der Waals surface area contributed by atoms with E-state index in [0.29, 0.717) is 29.3 Å². The molecule has 1 aliphatic rings. The van der Waals surface area contributed by atoms with Crippen molar-refractivity contribution in [2.75, 3.05) is 11.9 Å². The van der Waals surface area contributed by atoms with E-state index in [-0.39, 0.29) is 23.0 Å². The van der Waals surface area contributed by atoms with Crippen molar-refractivity contribution in [3.8, 4) is 5.75 Å². The third-order valence-corrected chi connectivity index (χ3v) is 5.45. The molecular formula is C25H31N3O3S. The Labute approximate surface area is 195 Å². The molecule has 0 aliphatic heterocycles. The van der Waals surface area contributed by atoms with E-state index in [1.54, 1.807) is 48.5 Å². The van der Waals surface area contributed by atoms with Gasteiger partial charge in [0, 0.05) is 22.9 Å². The summed E-state index contributed by atoms with van der Waals surface area (Å²) >= 11 is 5.28. The van der Waals surface area contributed by atoms with Crippen LogP contribution in [0.2, 0.25) is 0 Å². The van der Waals surface area contributed by atoms with Crippen LogP contribution in [0.4, 0.5) is 5.69 Å². The van der Waals surface area contributed by atoms with Crippen molar-refractivity contribution in [1.29, 1.82) is 0 Å². The second-order valence-electron chi connectivity index (χ2n) is 8.53. The fourth-order valence-corrected chi connectivity index (χ4v) is 3.77. The van der Waals surface area contributed by atoms with Crippen molar-refractivity contribution in [2.45, 2.75) is 52.0 Å². The number of nitrogens with one attached hydrogen (secondary N) is 3. The normalized spacial score (nSPS) is 14.0. The number of benzene rings is 2. The maximum Gasteiger partial charge on any atom is 0.257 e. The molecule has 2 aromatic rings. The summed E-state index contributed by atoms with van der Waals surface area (Å²) in [6.07, 6.45) is 5.63. The van der Waals surface area contributed by atoms with Gasteiger partial charge in [0.25, 0.3) is 11.8 Å². The number of carbonyl (C=O) groups excluding carboxylic acids is 2. The van der Waals surface area contributed by atoms with Crippen molar-refractivity contribution in [3.63, 3.8) is 0 Å². The zero-order valence-electron chi connectivity index (χ0n) is 18.6. The average Bonchev–Trinajstić information content (AvgIpc) is 2.78. The van der Waals surface area contributed by atoms with Crippen LogP contribution in [0.3, 0.4) is 0 Å². The van der Waals surface area contributed by atoms with E-state index in [1.807, 2.05) is 0 Å². The van der Waals surface area contributed by atoms with E-state index in [4.69, 9.17) is 17.0 Å². The molecule has 32 heavy (non-hydrogen) atoms. The van der Waals surface area contributed by atoms with Crippen LogP contribution in [0.15, 0.2) is 48.5 Å². The SMILES string of the molecule is CC(C)COc1ccc(C(=O)NC(=S)Nc2cccc(C(=O)NC3CCCCC3)c2)cc1. The fourth-order valence-electron chi connectivity index (χ4n) is 3.56. The Balaban J connectivity index is 1.52. The van der Waals surface area contributed by atoms with Crippen molar-refractivity contribution < 1.29 is 14.3 Å². The predicted molar refractivity (Wildman–Crippen MR) is 131 cm³/mol. The number of amides is 2.